The topological polar surface area (TPSA) is 131 Å². The Morgan fingerprint density at radius 2 is 2.05 bits per heavy atom. The van der Waals surface area contributed by atoms with E-state index < -0.39 is 11.8 Å². The average molecular weight is 290 g/mol. The summed E-state index contributed by atoms with van der Waals surface area (Å²) >= 11 is 0. The van der Waals surface area contributed by atoms with E-state index in [4.69, 9.17) is 20.9 Å². The molecule has 9 nitrogen and oxygen atoms in total. The summed E-state index contributed by atoms with van der Waals surface area (Å²) in [6.07, 6.45) is 2.48. The van der Waals surface area contributed by atoms with E-state index in [0.717, 1.165) is 0 Å². The molecule has 9 heteroatoms. The third kappa shape index (κ3) is 1.71. The van der Waals surface area contributed by atoms with Crippen LogP contribution in [0.1, 0.15) is 6.04 Å². The lowest BCUT2D eigenvalue weighted by Gasteiger charge is -2.17. The Kier molecular flexibility index (Phi) is 2.59. The monoisotopic (exact) mass is 290 g/mol. The lowest BCUT2D eigenvalue weighted by molar-refractivity contribution is -0.124. The Labute approximate surface area is 119 Å². The van der Waals surface area contributed by atoms with Gasteiger partial charge >= 0.3 is 0 Å². The molecule has 1 amide bonds. The van der Waals surface area contributed by atoms with Crippen LogP contribution >= 0.6 is 0 Å². The van der Waals surface area contributed by atoms with E-state index in [1.165, 1.54) is 6.33 Å². The minimum Gasteiger partial charge on any atom is -0.382 e. The predicted octanol–water partition coefficient (Wildman–Crippen LogP) is -1.15. The molecular formula is C12H14N6O3. The van der Waals surface area contributed by atoms with Crippen molar-refractivity contribution in [3.63, 3.8) is 0 Å². The highest BCUT2D eigenvalue weighted by atomic mass is 16.6. The molecule has 0 saturated carbocycles. The molecular weight excluding hydrogens is 276 g/mol. The van der Waals surface area contributed by atoms with Crippen LogP contribution in [0.25, 0.3) is 11.2 Å². The van der Waals surface area contributed by atoms with Gasteiger partial charge in [0.25, 0.3) is 0 Å². The molecule has 4 heterocycles. The van der Waals surface area contributed by atoms with Gasteiger partial charge in [-0.1, -0.05) is 0 Å². The fraction of sp³-hybridized carbons (Fsp3) is 0.500. The summed E-state index contributed by atoms with van der Waals surface area (Å²) in [6.45, 7) is 0.694. The minimum absolute atomic E-state index is 0.112. The van der Waals surface area contributed by atoms with Crippen molar-refractivity contribution in [2.75, 3.05) is 18.9 Å². The average Bonchev–Trinajstić information content (AvgIpc) is 3.11. The highest BCUT2D eigenvalue weighted by molar-refractivity contribution is 5.81. The van der Waals surface area contributed by atoms with Gasteiger partial charge in [0.05, 0.1) is 37.6 Å². The standard InChI is InChI=1S/C12H14N6O3/c13-10-7-12(16-3-15-10)18(4-17-7)6-2-21-8-5(11(14)19)1-20-9(6)8/h3-6,8-9H,1-2H2,(H2,14,19)(H2,13,15,16). The molecule has 2 fully saturated rings. The molecule has 0 bridgehead atoms. The first-order valence-electron chi connectivity index (χ1n) is 6.62. The second kappa shape index (κ2) is 4.37. The summed E-state index contributed by atoms with van der Waals surface area (Å²) < 4.78 is 13.3. The number of nitrogens with zero attached hydrogens (tertiary/aromatic N) is 4. The van der Waals surface area contributed by atoms with E-state index in [-0.39, 0.29) is 24.9 Å². The summed E-state index contributed by atoms with van der Waals surface area (Å²) in [6, 6.07) is -0.112. The smallest absolute Gasteiger partial charge is 0.225 e. The van der Waals surface area contributed by atoms with E-state index in [1.807, 2.05) is 4.57 Å². The van der Waals surface area contributed by atoms with Crippen LogP contribution in [0.4, 0.5) is 5.82 Å². The van der Waals surface area contributed by atoms with Crippen molar-refractivity contribution in [1.82, 2.24) is 19.5 Å². The molecule has 110 valence electrons. The Balaban J connectivity index is 1.71. The molecule has 0 aliphatic carbocycles. The summed E-state index contributed by atoms with van der Waals surface area (Å²) in [5.41, 5.74) is 12.3. The van der Waals surface area contributed by atoms with Gasteiger partial charge in [0.15, 0.2) is 11.5 Å². The Bertz CT molecular complexity index is 716. The third-order valence-electron chi connectivity index (χ3n) is 4.14. The Morgan fingerprint density at radius 3 is 2.86 bits per heavy atom. The molecule has 2 aliphatic heterocycles. The van der Waals surface area contributed by atoms with Crippen LogP contribution in [0.3, 0.4) is 0 Å². The number of hydrogen-bond donors (Lipinski definition) is 2. The maximum atomic E-state index is 11.4. The summed E-state index contributed by atoms with van der Waals surface area (Å²) in [5, 5.41) is 0. The SMILES string of the molecule is NC(=O)C1COC2C1OCC2n1cnc2c(N)ncnc21. The molecule has 2 aromatic rings. The van der Waals surface area contributed by atoms with Crippen LogP contribution in [-0.4, -0.2) is 50.8 Å². The molecule has 4 atom stereocenters. The lowest BCUT2D eigenvalue weighted by atomic mass is 10.00. The number of hydrogen-bond acceptors (Lipinski definition) is 7. The molecule has 0 radical (unpaired) electrons. The van der Waals surface area contributed by atoms with Crippen molar-refractivity contribution in [2.24, 2.45) is 11.7 Å². The van der Waals surface area contributed by atoms with Gasteiger partial charge in [-0.05, 0) is 0 Å². The van der Waals surface area contributed by atoms with Crippen molar-refractivity contribution >= 4 is 22.9 Å². The van der Waals surface area contributed by atoms with E-state index in [0.29, 0.717) is 23.6 Å². The second-order valence-corrected chi connectivity index (χ2v) is 5.26. The van der Waals surface area contributed by atoms with Gasteiger partial charge < -0.3 is 25.5 Å². The lowest BCUT2D eigenvalue weighted by Crippen LogP contribution is -2.35. The van der Waals surface area contributed by atoms with Gasteiger partial charge in [0.2, 0.25) is 5.91 Å². The number of nitrogen functional groups attached to an aromatic ring is 1. The minimum atomic E-state index is -0.408. The quantitative estimate of drug-likeness (QED) is 0.713. The number of anilines is 1. The van der Waals surface area contributed by atoms with Crippen LogP contribution in [0.2, 0.25) is 0 Å². The highest BCUT2D eigenvalue weighted by Crippen LogP contribution is 2.38. The van der Waals surface area contributed by atoms with Crippen LogP contribution < -0.4 is 11.5 Å². The number of rotatable bonds is 2. The Hall–Kier alpha value is -2.26. The molecule has 4 rings (SSSR count). The maximum Gasteiger partial charge on any atom is 0.225 e. The van der Waals surface area contributed by atoms with Crippen LogP contribution in [-0.2, 0) is 14.3 Å². The first-order chi connectivity index (χ1) is 10.2. The van der Waals surface area contributed by atoms with Crippen molar-refractivity contribution in [3.05, 3.63) is 12.7 Å². The van der Waals surface area contributed by atoms with Crippen molar-refractivity contribution in [1.29, 1.82) is 0 Å². The summed E-state index contributed by atoms with van der Waals surface area (Å²) in [4.78, 5) is 23.8. The first kappa shape index (κ1) is 12.5. The zero-order valence-corrected chi connectivity index (χ0v) is 11.0. The molecule has 0 spiro atoms. The molecule has 2 saturated heterocycles. The number of ether oxygens (including phenoxy) is 2. The van der Waals surface area contributed by atoms with Crippen LogP contribution in [0, 0.1) is 5.92 Å². The number of carbonyl (C=O) groups is 1. The van der Waals surface area contributed by atoms with Crippen molar-refractivity contribution in [2.45, 2.75) is 18.2 Å². The van der Waals surface area contributed by atoms with Crippen molar-refractivity contribution in [3.8, 4) is 0 Å². The number of imidazole rings is 1. The summed E-state index contributed by atoms with van der Waals surface area (Å²) in [7, 11) is 0. The Morgan fingerprint density at radius 1 is 1.24 bits per heavy atom. The first-order valence-corrected chi connectivity index (χ1v) is 6.62. The number of primary amides is 1. The van der Waals surface area contributed by atoms with Gasteiger partial charge in [0.1, 0.15) is 17.9 Å². The number of fused-ring (bicyclic) bond motifs is 2. The third-order valence-corrected chi connectivity index (χ3v) is 4.14. The molecule has 4 N–H and O–H groups in total. The zero-order valence-electron chi connectivity index (χ0n) is 11.0. The summed E-state index contributed by atoms with van der Waals surface area (Å²) in [5.74, 6) is -0.476. The fourth-order valence-corrected chi connectivity index (χ4v) is 3.07. The van der Waals surface area contributed by atoms with Gasteiger partial charge in [-0.25, -0.2) is 15.0 Å². The number of aromatic nitrogens is 4. The van der Waals surface area contributed by atoms with Gasteiger partial charge in [-0.15, -0.1) is 0 Å². The normalized spacial score (nSPS) is 31.6. The van der Waals surface area contributed by atoms with Crippen molar-refractivity contribution < 1.29 is 14.3 Å². The largest absolute Gasteiger partial charge is 0.382 e. The molecule has 4 unspecified atom stereocenters. The van der Waals surface area contributed by atoms with Gasteiger partial charge in [-0.3, -0.25) is 4.79 Å². The van der Waals surface area contributed by atoms with E-state index in [9.17, 15) is 4.79 Å². The van der Waals surface area contributed by atoms with E-state index >= 15 is 0 Å². The van der Waals surface area contributed by atoms with Gasteiger partial charge in [0, 0.05) is 0 Å². The highest BCUT2D eigenvalue weighted by Gasteiger charge is 2.50. The molecule has 0 aromatic carbocycles. The molecule has 21 heavy (non-hydrogen) atoms. The molecule has 2 aromatic heterocycles. The maximum absolute atomic E-state index is 11.4. The zero-order chi connectivity index (χ0) is 14.6. The predicted molar refractivity (Wildman–Crippen MR) is 70.9 cm³/mol. The van der Waals surface area contributed by atoms with E-state index in [1.54, 1.807) is 6.33 Å². The van der Waals surface area contributed by atoms with Gasteiger partial charge in [-0.2, -0.15) is 0 Å². The fourth-order valence-electron chi connectivity index (χ4n) is 3.07. The number of carbonyl (C=O) groups excluding carboxylic acids is 1. The number of nitrogens with two attached hydrogens (primary N) is 2. The van der Waals surface area contributed by atoms with E-state index in [2.05, 4.69) is 15.0 Å². The molecule has 2 aliphatic rings. The second-order valence-electron chi connectivity index (χ2n) is 5.26. The van der Waals surface area contributed by atoms with Crippen LogP contribution in [0.15, 0.2) is 12.7 Å². The number of amides is 1. The van der Waals surface area contributed by atoms with Crippen LogP contribution in [0.5, 0.6) is 0 Å².